The minimum Gasteiger partial charge on any atom is -0.392 e. The number of hydrogen-bond acceptors (Lipinski definition) is 8. The third kappa shape index (κ3) is 8.04. The summed E-state index contributed by atoms with van der Waals surface area (Å²) >= 11 is 1.64. The lowest BCUT2D eigenvalue weighted by molar-refractivity contribution is -0.255. The number of sulfonamides is 1. The van der Waals surface area contributed by atoms with Crippen LogP contribution in [0.2, 0.25) is 0 Å². The summed E-state index contributed by atoms with van der Waals surface area (Å²) < 4.78 is 43.8. The Morgan fingerprint density at radius 2 is 1.52 bits per heavy atom. The molecule has 1 saturated heterocycles. The minimum absolute atomic E-state index is 0.0722. The van der Waals surface area contributed by atoms with Crippen LogP contribution in [0, 0.1) is 0 Å². The molecule has 1 aromatic heterocycles. The van der Waals surface area contributed by atoms with Crippen LogP contribution in [0.25, 0.3) is 10.9 Å². The number of anilines is 2. The molecule has 1 fully saturated rings. The molecule has 1 unspecified atom stereocenters. The highest BCUT2D eigenvalue weighted by molar-refractivity contribution is 7.99. The number of pyridine rings is 1. The van der Waals surface area contributed by atoms with Gasteiger partial charge in [0, 0.05) is 52.0 Å². The van der Waals surface area contributed by atoms with Gasteiger partial charge in [-0.15, -0.1) is 11.8 Å². The van der Waals surface area contributed by atoms with Gasteiger partial charge in [-0.3, -0.25) is 14.5 Å². The number of para-hydroxylation sites is 1. The Kier molecular flexibility index (Phi) is 10.7. The molecule has 1 aliphatic heterocycles. The van der Waals surface area contributed by atoms with Crippen LogP contribution in [-0.2, 0) is 30.9 Å². The van der Waals surface area contributed by atoms with Crippen LogP contribution >= 0.6 is 11.8 Å². The number of amides is 1. The molecule has 52 heavy (non-hydrogen) atoms. The third-order valence-corrected chi connectivity index (χ3v) is 11.4. The molecule has 3 N–H and O–H groups in total. The SMILES string of the molecule is CC(=O)Nc1ccc(SC[C@H]2OC(c3cccc(NS(=O)(=O)c4cccc5cccnc45)c3)O[C@@H](c3ccc(CO)cc3)[C@@H]2c2ccccc2)cc1. The van der Waals surface area contributed by atoms with Crippen LogP contribution in [0.4, 0.5) is 11.4 Å². The van der Waals surface area contributed by atoms with Crippen molar-refractivity contribution in [1.29, 1.82) is 0 Å². The second-order valence-corrected chi connectivity index (χ2v) is 15.2. The molecule has 4 atom stereocenters. The molecule has 0 spiro atoms. The number of aromatic nitrogens is 1. The van der Waals surface area contributed by atoms with Crippen molar-refractivity contribution in [3.05, 3.63) is 162 Å². The van der Waals surface area contributed by atoms with Gasteiger partial charge in [0.2, 0.25) is 5.91 Å². The van der Waals surface area contributed by atoms with E-state index < -0.39 is 22.4 Å². The molecule has 11 heteroatoms. The van der Waals surface area contributed by atoms with E-state index in [0.29, 0.717) is 22.5 Å². The summed E-state index contributed by atoms with van der Waals surface area (Å²) in [6.45, 7) is 1.41. The summed E-state index contributed by atoms with van der Waals surface area (Å²) in [5.41, 5.74) is 4.88. The van der Waals surface area contributed by atoms with E-state index in [2.05, 4.69) is 27.2 Å². The summed E-state index contributed by atoms with van der Waals surface area (Å²) in [7, 11) is -3.99. The van der Waals surface area contributed by atoms with E-state index >= 15 is 0 Å². The number of aliphatic hydroxyl groups is 1. The molecule has 5 aromatic carbocycles. The molecule has 6 aromatic rings. The zero-order valence-corrected chi connectivity index (χ0v) is 29.9. The van der Waals surface area contributed by atoms with E-state index in [9.17, 15) is 18.3 Å². The Bertz CT molecular complexity index is 2260. The van der Waals surface area contributed by atoms with Gasteiger partial charge in [-0.05, 0) is 65.2 Å². The van der Waals surface area contributed by atoms with Crippen LogP contribution in [0.15, 0.2) is 149 Å². The average Bonchev–Trinajstić information content (AvgIpc) is 3.17. The smallest absolute Gasteiger partial charge is 0.264 e. The maximum Gasteiger partial charge on any atom is 0.264 e. The summed E-state index contributed by atoms with van der Waals surface area (Å²) in [6, 6.07) is 41.3. The first-order chi connectivity index (χ1) is 25.3. The highest BCUT2D eigenvalue weighted by Gasteiger charge is 2.42. The lowest BCUT2D eigenvalue weighted by Gasteiger charge is -2.43. The van der Waals surface area contributed by atoms with Gasteiger partial charge in [0.1, 0.15) is 4.90 Å². The number of carbonyl (C=O) groups excluding carboxylic acids is 1. The van der Waals surface area contributed by atoms with E-state index in [4.69, 9.17) is 9.47 Å². The fourth-order valence-corrected chi connectivity index (χ4v) is 8.62. The quantitative estimate of drug-likeness (QED) is 0.114. The molecule has 0 radical (unpaired) electrons. The topological polar surface area (TPSA) is 127 Å². The van der Waals surface area contributed by atoms with Crippen molar-refractivity contribution in [2.24, 2.45) is 0 Å². The third-order valence-electron chi connectivity index (χ3n) is 8.86. The Hall–Kier alpha value is -5.04. The Balaban J connectivity index is 1.22. The summed E-state index contributed by atoms with van der Waals surface area (Å²) in [4.78, 5) is 17.0. The Morgan fingerprint density at radius 3 is 2.27 bits per heavy atom. The molecule has 264 valence electrons. The van der Waals surface area contributed by atoms with Crippen molar-refractivity contribution in [3.63, 3.8) is 0 Å². The highest BCUT2D eigenvalue weighted by Crippen LogP contribution is 2.48. The molecule has 7 rings (SSSR count). The molecule has 0 bridgehead atoms. The van der Waals surface area contributed by atoms with Crippen LogP contribution in [0.5, 0.6) is 0 Å². The predicted octanol–water partition coefficient (Wildman–Crippen LogP) is 8.22. The zero-order valence-electron chi connectivity index (χ0n) is 28.3. The number of nitrogens with zero attached hydrogens (tertiary/aromatic N) is 1. The first-order valence-electron chi connectivity index (χ1n) is 16.8. The molecule has 1 amide bonds. The average molecular weight is 732 g/mol. The normalized spacial score (nSPS) is 18.9. The van der Waals surface area contributed by atoms with Gasteiger partial charge >= 0.3 is 0 Å². The minimum atomic E-state index is -3.99. The fourth-order valence-electron chi connectivity index (χ4n) is 6.42. The van der Waals surface area contributed by atoms with E-state index in [0.717, 1.165) is 32.7 Å². The van der Waals surface area contributed by atoms with Gasteiger partial charge in [-0.2, -0.15) is 0 Å². The molecular formula is C41H37N3O6S2. The second kappa shape index (κ2) is 15.7. The van der Waals surface area contributed by atoms with E-state index in [1.54, 1.807) is 54.4 Å². The first-order valence-corrected chi connectivity index (χ1v) is 19.3. The van der Waals surface area contributed by atoms with Gasteiger partial charge < -0.3 is 19.9 Å². The van der Waals surface area contributed by atoms with Gasteiger partial charge in [-0.25, -0.2) is 8.42 Å². The molecule has 1 aliphatic rings. The monoisotopic (exact) mass is 731 g/mol. The van der Waals surface area contributed by atoms with Crippen molar-refractivity contribution in [3.8, 4) is 0 Å². The number of fused-ring (bicyclic) bond motifs is 1. The van der Waals surface area contributed by atoms with Gasteiger partial charge in [0.15, 0.2) is 6.29 Å². The number of carbonyl (C=O) groups is 1. The summed E-state index contributed by atoms with van der Waals surface area (Å²) in [5, 5.41) is 13.3. The van der Waals surface area contributed by atoms with Crippen molar-refractivity contribution < 1.29 is 27.8 Å². The van der Waals surface area contributed by atoms with Crippen molar-refractivity contribution in [2.75, 3.05) is 15.8 Å². The van der Waals surface area contributed by atoms with E-state index in [-0.39, 0.29) is 29.4 Å². The van der Waals surface area contributed by atoms with Crippen LogP contribution in [0.1, 0.15) is 47.5 Å². The van der Waals surface area contributed by atoms with Gasteiger partial charge in [0.25, 0.3) is 10.0 Å². The summed E-state index contributed by atoms with van der Waals surface area (Å²) in [5.74, 6) is 0.238. The Morgan fingerprint density at radius 1 is 0.788 bits per heavy atom. The number of aliphatic hydroxyl groups excluding tert-OH is 1. The Labute approximate surface area is 307 Å². The van der Waals surface area contributed by atoms with Gasteiger partial charge in [0.05, 0.1) is 24.3 Å². The number of rotatable bonds is 11. The fraction of sp³-hybridized carbons (Fsp3) is 0.171. The maximum absolute atomic E-state index is 13.7. The predicted molar refractivity (Wildman–Crippen MR) is 203 cm³/mol. The number of thioether (sulfide) groups is 1. The number of ether oxygens (including phenoxy) is 2. The maximum atomic E-state index is 13.7. The lowest BCUT2D eigenvalue weighted by atomic mass is 9.84. The number of benzene rings is 5. The molecule has 2 heterocycles. The van der Waals surface area contributed by atoms with Gasteiger partial charge in [-0.1, -0.05) is 84.9 Å². The second-order valence-electron chi connectivity index (χ2n) is 12.5. The standard InChI is InChI=1S/C41H37N3O6S2/c1-27(46)43-33-19-21-35(22-20-33)51-26-36-38(29-8-3-2-4-9-29)40(31-17-15-28(25-45)16-18-31)50-41(49-36)32-11-5-13-34(24-32)44-52(47,48)37-14-6-10-30-12-7-23-42-39(30)37/h2-24,36,38,40-41,44-45H,25-26H2,1H3,(H,43,46)/t36-,38-,40+,41?/m1/s1. The molecule has 9 nitrogen and oxygen atoms in total. The molecular weight excluding hydrogens is 695 g/mol. The highest BCUT2D eigenvalue weighted by atomic mass is 32.2. The lowest BCUT2D eigenvalue weighted by Crippen LogP contribution is -2.38. The van der Waals surface area contributed by atoms with Crippen LogP contribution < -0.4 is 10.0 Å². The van der Waals surface area contributed by atoms with Crippen LogP contribution in [0.3, 0.4) is 0 Å². The largest absolute Gasteiger partial charge is 0.392 e. The summed E-state index contributed by atoms with van der Waals surface area (Å²) in [6.07, 6.45) is -0.0420. The van der Waals surface area contributed by atoms with E-state index in [1.165, 1.54) is 6.92 Å². The molecule has 0 aliphatic carbocycles. The first kappa shape index (κ1) is 35.4. The molecule has 0 saturated carbocycles. The van der Waals surface area contributed by atoms with E-state index in [1.807, 2.05) is 84.9 Å². The van der Waals surface area contributed by atoms with Crippen molar-refractivity contribution in [1.82, 2.24) is 4.98 Å². The number of hydrogen-bond donors (Lipinski definition) is 3. The number of nitrogens with one attached hydrogen (secondary N) is 2. The zero-order chi connectivity index (χ0) is 36.1. The van der Waals surface area contributed by atoms with Crippen molar-refractivity contribution >= 4 is 50.0 Å². The van der Waals surface area contributed by atoms with Crippen molar-refractivity contribution in [2.45, 2.75) is 47.7 Å². The van der Waals surface area contributed by atoms with Crippen LogP contribution in [-0.4, -0.2) is 36.3 Å².